The van der Waals surface area contributed by atoms with Crippen molar-refractivity contribution in [1.82, 2.24) is 9.47 Å². The van der Waals surface area contributed by atoms with Gasteiger partial charge in [-0.05, 0) is 18.5 Å². The Hall–Kier alpha value is -1.62. The van der Waals surface area contributed by atoms with Gasteiger partial charge in [0.2, 0.25) is 0 Å². The quantitative estimate of drug-likeness (QED) is 0.804. The molecule has 5 nitrogen and oxygen atoms in total. The number of hydrogen-bond donors (Lipinski definition) is 1. The van der Waals surface area contributed by atoms with Gasteiger partial charge in [-0.1, -0.05) is 6.92 Å². The Balaban J connectivity index is 2.82. The number of nitrogens with zero attached hydrogens (tertiary/aromatic N) is 2. The molecule has 0 aliphatic carbocycles. The normalized spacial score (nSPS) is 12.2. The molecule has 0 aliphatic heterocycles. The molecule has 0 aromatic carbocycles. The summed E-state index contributed by atoms with van der Waals surface area (Å²) in [7, 11) is 3.36. The fourth-order valence-corrected chi connectivity index (χ4v) is 1.53. The van der Waals surface area contributed by atoms with Crippen molar-refractivity contribution in [1.29, 1.82) is 0 Å². The van der Waals surface area contributed by atoms with Crippen LogP contribution in [0.15, 0.2) is 23.1 Å². The van der Waals surface area contributed by atoms with Crippen LogP contribution in [0.5, 0.6) is 0 Å². The monoisotopic (exact) mass is 237 g/mol. The molecular formula is C12H19N3O2. The number of rotatable bonds is 4. The van der Waals surface area contributed by atoms with Crippen LogP contribution in [0.1, 0.15) is 17.3 Å². The van der Waals surface area contributed by atoms with Gasteiger partial charge in [0.15, 0.2) is 0 Å². The third-order valence-electron chi connectivity index (χ3n) is 2.69. The topological polar surface area (TPSA) is 68.3 Å². The molecule has 1 aromatic heterocycles. The van der Waals surface area contributed by atoms with E-state index in [1.54, 1.807) is 31.3 Å². The van der Waals surface area contributed by atoms with Crippen LogP contribution in [0.2, 0.25) is 0 Å². The van der Waals surface area contributed by atoms with Crippen LogP contribution in [0.4, 0.5) is 0 Å². The van der Waals surface area contributed by atoms with E-state index >= 15 is 0 Å². The van der Waals surface area contributed by atoms with Crippen molar-refractivity contribution in [3.05, 3.63) is 34.2 Å². The van der Waals surface area contributed by atoms with E-state index in [9.17, 15) is 9.59 Å². The summed E-state index contributed by atoms with van der Waals surface area (Å²) in [6.45, 7) is 3.10. The Morgan fingerprint density at radius 1 is 1.59 bits per heavy atom. The first-order chi connectivity index (χ1) is 7.95. The first-order valence-corrected chi connectivity index (χ1v) is 5.58. The fraction of sp³-hybridized carbons (Fsp3) is 0.500. The van der Waals surface area contributed by atoms with Gasteiger partial charge < -0.3 is 15.2 Å². The minimum Gasteiger partial charge on any atom is -0.341 e. The first kappa shape index (κ1) is 13.4. The van der Waals surface area contributed by atoms with Crippen LogP contribution in [0, 0.1) is 5.92 Å². The van der Waals surface area contributed by atoms with Crippen LogP contribution in [-0.4, -0.2) is 35.5 Å². The van der Waals surface area contributed by atoms with Crippen molar-refractivity contribution >= 4 is 5.91 Å². The molecule has 1 aromatic rings. The van der Waals surface area contributed by atoms with Crippen molar-refractivity contribution in [2.45, 2.75) is 6.92 Å². The molecule has 0 bridgehead atoms. The smallest absolute Gasteiger partial charge is 0.253 e. The van der Waals surface area contributed by atoms with Crippen LogP contribution in [0.25, 0.3) is 0 Å². The van der Waals surface area contributed by atoms with Crippen molar-refractivity contribution in [2.24, 2.45) is 18.7 Å². The second kappa shape index (κ2) is 5.63. The van der Waals surface area contributed by atoms with Crippen LogP contribution < -0.4 is 11.3 Å². The SMILES string of the molecule is CC(CN)CN(C)C(=O)c1ccn(C)c(=O)c1. The Bertz CT molecular complexity index is 453. The molecule has 1 amide bonds. The highest BCUT2D eigenvalue weighted by atomic mass is 16.2. The maximum absolute atomic E-state index is 12.0. The molecule has 0 fully saturated rings. The van der Waals surface area contributed by atoms with Crippen LogP contribution >= 0.6 is 0 Å². The van der Waals surface area contributed by atoms with E-state index < -0.39 is 0 Å². The molecule has 17 heavy (non-hydrogen) atoms. The van der Waals surface area contributed by atoms with E-state index in [2.05, 4.69) is 0 Å². The van der Waals surface area contributed by atoms with E-state index in [1.165, 1.54) is 10.6 Å². The van der Waals surface area contributed by atoms with Gasteiger partial charge in [0.25, 0.3) is 11.5 Å². The van der Waals surface area contributed by atoms with E-state index in [1.807, 2.05) is 6.92 Å². The van der Waals surface area contributed by atoms with Crippen LogP contribution in [0.3, 0.4) is 0 Å². The fourth-order valence-electron chi connectivity index (χ4n) is 1.53. The molecule has 1 atom stereocenters. The van der Waals surface area contributed by atoms with E-state index in [4.69, 9.17) is 5.73 Å². The van der Waals surface area contributed by atoms with Gasteiger partial charge in [0, 0.05) is 38.5 Å². The highest BCUT2D eigenvalue weighted by Crippen LogP contribution is 2.03. The lowest BCUT2D eigenvalue weighted by molar-refractivity contribution is 0.0777. The third kappa shape index (κ3) is 3.42. The van der Waals surface area contributed by atoms with Crippen molar-refractivity contribution in [3.8, 4) is 0 Å². The van der Waals surface area contributed by atoms with Gasteiger partial charge in [-0.25, -0.2) is 0 Å². The second-order valence-electron chi connectivity index (χ2n) is 4.39. The van der Waals surface area contributed by atoms with Crippen LogP contribution in [-0.2, 0) is 7.05 Å². The second-order valence-corrected chi connectivity index (χ2v) is 4.39. The summed E-state index contributed by atoms with van der Waals surface area (Å²) in [5.74, 6) is 0.0958. The standard InChI is InChI=1S/C12H19N3O2/c1-9(7-13)8-15(3)12(17)10-4-5-14(2)11(16)6-10/h4-6,9H,7-8,13H2,1-3H3. The maximum atomic E-state index is 12.0. The van der Waals surface area contributed by atoms with Gasteiger partial charge in [-0.15, -0.1) is 0 Å². The number of pyridine rings is 1. The zero-order valence-corrected chi connectivity index (χ0v) is 10.5. The Labute approximate surface area is 101 Å². The minimum atomic E-state index is -0.184. The van der Waals surface area contributed by atoms with Crippen molar-refractivity contribution in [3.63, 3.8) is 0 Å². The van der Waals surface area contributed by atoms with E-state index in [0.717, 1.165) is 0 Å². The van der Waals surface area contributed by atoms with Gasteiger partial charge in [-0.3, -0.25) is 9.59 Å². The third-order valence-corrected chi connectivity index (χ3v) is 2.69. The lowest BCUT2D eigenvalue weighted by atomic mass is 10.1. The van der Waals surface area contributed by atoms with Gasteiger partial charge >= 0.3 is 0 Å². The molecule has 1 unspecified atom stereocenters. The molecular weight excluding hydrogens is 218 g/mol. The number of amides is 1. The number of carbonyl (C=O) groups excluding carboxylic acids is 1. The van der Waals surface area contributed by atoms with E-state index in [-0.39, 0.29) is 17.4 Å². The predicted octanol–water partition coefficient (Wildman–Crippen LogP) is 0.0521. The van der Waals surface area contributed by atoms with Gasteiger partial charge in [-0.2, -0.15) is 0 Å². The number of nitrogens with two attached hydrogens (primary N) is 1. The highest BCUT2D eigenvalue weighted by molar-refractivity contribution is 5.93. The number of carbonyl (C=O) groups is 1. The summed E-state index contributed by atoms with van der Waals surface area (Å²) < 4.78 is 1.43. The molecule has 2 N–H and O–H groups in total. The summed E-state index contributed by atoms with van der Waals surface area (Å²) in [6, 6.07) is 3.00. The molecule has 0 spiro atoms. The van der Waals surface area contributed by atoms with Gasteiger partial charge in [0.1, 0.15) is 0 Å². The molecule has 0 radical (unpaired) electrons. The lowest BCUT2D eigenvalue weighted by Gasteiger charge is -2.20. The maximum Gasteiger partial charge on any atom is 0.253 e. The Morgan fingerprint density at radius 3 is 2.76 bits per heavy atom. The molecule has 94 valence electrons. The van der Waals surface area contributed by atoms with E-state index in [0.29, 0.717) is 18.7 Å². The summed E-state index contributed by atoms with van der Waals surface area (Å²) in [4.78, 5) is 25.0. The van der Waals surface area contributed by atoms with Crippen molar-refractivity contribution in [2.75, 3.05) is 20.1 Å². The molecule has 1 heterocycles. The average Bonchev–Trinajstić information content (AvgIpc) is 2.31. The molecule has 0 aliphatic rings. The highest BCUT2D eigenvalue weighted by Gasteiger charge is 2.14. The Morgan fingerprint density at radius 2 is 2.24 bits per heavy atom. The zero-order valence-electron chi connectivity index (χ0n) is 10.5. The summed E-state index contributed by atoms with van der Waals surface area (Å²) in [5.41, 5.74) is 5.74. The number of hydrogen-bond acceptors (Lipinski definition) is 3. The summed E-state index contributed by atoms with van der Waals surface area (Å²) in [6.07, 6.45) is 1.59. The number of aromatic nitrogens is 1. The van der Waals surface area contributed by atoms with Gasteiger partial charge in [0.05, 0.1) is 0 Å². The summed E-state index contributed by atoms with van der Waals surface area (Å²) >= 11 is 0. The molecule has 5 heteroatoms. The molecule has 0 saturated carbocycles. The lowest BCUT2D eigenvalue weighted by Crippen LogP contribution is -2.34. The minimum absolute atomic E-state index is 0.150. The Kier molecular flexibility index (Phi) is 4.45. The first-order valence-electron chi connectivity index (χ1n) is 5.58. The zero-order chi connectivity index (χ0) is 13.0. The summed E-state index contributed by atoms with van der Waals surface area (Å²) in [5, 5.41) is 0. The van der Waals surface area contributed by atoms with Crippen molar-refractivity contribution < 1.29 is 4.79 Å². The number of aryl methyl sites for hydroxylation is 1. The molecule has 1 rings (SSSR count). The molecule has 0 saturated heterocycles. The average molecular weight is 237 g/mol. The predicted molar refractivity (Wildman–Crippen MR) is 66.9 cm³/mol. The largest absolute Gasteiger partial charge is 0.341 e.